The van der Waals surface area contributed by atoms with E-state index in [9.17, 15) is 13.5 Å². The van der Waals surface area contributed by atoms with Crippen LogP contribution in [-0.2, 0) is 16.4 Å². The first kappa shape index (κ1) is 24.4. The summed E-state index contributed by atoms with van der Waals surface area (Å²) in [5.74, 6) is 0.0640. The van der Waals surface area contributed by atoms with E-state index < -0.39 is 10.0 Å². The van der Waals surface area contributed by atoms with Gasteiger partial charge in [0.25, 0.3) is 0 Å². The third-order valence-corrected chi connectivity index (χ3v) is 8.00. The number of hydrogen-bond acceptors (Lipinski definition) is 3. The molecule has 0 aliphatic carbocycles. The number of aliphatic hydroxyl groups is 1. The van der Waals surface area contributed by atoms with Gasteiger partial charge < -0.3 is 5.11 Å². The summed E-state index contributed by atoms with van der Waals surface area (Å²) in [6.07, 6.45) is 16.0. The lowest BCUT2D eigenvalue weighted by atomic mass is 10.0. The van der Waals surface area contributed by atoms with Crippen LogP contribution in [0.15, 0.2) is 29.2 Å². The fourth-order valence-corrected chi connectivity index (χ4v) is 5.74. The number of piperidine rings is 1. The summed E-state index contributed by atoms with van der Waals surface area (Å²) in [7, 11) is -3.44. The monoisotopic (exact) mass is 423 g/mol. The van der Waals surface area contributed by atoms with Crippen LogP contribution in [0.4, 0.5) is 0 Å². The molecule has 1 heterocycles. The molecule has 2 rings (SSSR count). The number of rotatable bonds is 14. The van der Waals surface area contributed by atoms with Gasteiger partial charge in [0.05, 0.1) is 4.90 Å². The quantitative estimate of drug-likeness (QED) is 0.400. The molecule has 5 heteroatoms. The van der Waals surface area contributed by atoms with E-state index in [1.54, 1.807) is 12.1 Å². The molecular weight excluding hydrogens is 382 g/mol. The van der Waals surface area contributed by atoms with Crippen molar-refractivity contribution in [3.63, 3.8) is 0 Å². The SMILES string of the molecule is CCCCCCCCCCCCc1ccc(S(=O)(=O)N2CCCC(CO)C2)cc1. The van der Waals surface area contributed by atoms with E-state index in [2.05, 4.69) is 6.92 Å². The largest absolute Gasteiger partial charge is 0.396 e. The van der Waals surface area contributed by atoms with Crippen molar-refractivity contribution >= 4 is 10.0 Å². The van der Waals surface area contributed by atoms with Crippen molar-refractivity contribution < 1.29 is 13.5 Å². The molecule has 1 aromatic carbocycles. The van der Waals surface area contributed by atoms with Gasteiger partial charge in [-0.15, -0.1) is 0 Å². The van der Waals surface area contributed by atoms with Crippen molar-refractivity contribution in [3.8, 4) is 0 Å². The van der Waals surface area contributed by atoms with E-state index in [4.69, 9.17) is 0 Å². The van der Waals surface area contributed by atoms with Crippen molar-refractivity contribution in [2.75, 3.05) is 19.7 Å². The van der Waals surface area contributed by atoms with Gasteiger partial charge in [-0.05, 0) is 49.3 Å². The molecule has 1 fully saturated rings. The summed E-state index contributed by atoms with van der Waals surface area (Å²) < 4.78 is 27.2. The highest BCUT2D eigenvalue weighted by Gasteiger charge is 2.29. The molecule has 1 aliphatic heterocycles. The van der Waals surface area contributed by atoms with Gasteiger partial charge in [-0.1, -0.05) is 76.8 Å². The van der Waals surface area contributed by atoms with Crippen LogP contribution in [-0.4, -0.2) is 37.5 Å². The Labute approximate surface area is 178 Å². The van der Waals surface area contributed by atoms with Crippen LogP contribution in [0.5, 0.6) is 0 Å². The number of aryl methyl sites for hydroxylation is 1. The van der Waals surface area contributed by atoms with Crippen molar-refractivity contribution in [2.24, 2.45) is 5.92 Å². The Bertz CT molecular complexity index is 657. The summed E-state index contributed by atoms with van der Waals surface area (Å²) in [5, 5.41) is 9.35. The molecule has 0 aromatic heterocycles. The first-order valence-electron chi connectivity index (χ1n) is 11.8. The van der Waals surface area contributed by atoms with Crippen molar-refractivity contribution in [3.05, 3.63) is 29.8 Å². The van der Waals surface area contributed by atoms with E-state index in [0.717, 1.165) is 19.3 Å². The molecular formula is C24H41NO3S. The standard InChI is InChI=1S/C24H41NO3S/c1-2-3-4-5-6-7-8-9-10-11-13-22-15-17-24(18-16-22)29(27,28)25-19-12-14-23(20-25)21-26/h15-18,23,26H,2-14,19-21H2,1H3. The number of unbranched alkanes of at least 4 members (excludes halogenated alkanes) is 9. The smallest absolute Gasteiger partial charge is 0.243 e. The number of aliphatic hydroxyl groups excluding tert-OH is 1. The summed E-state index contributed by atoms with van der Waals surface area (Å²) >= 11 is 0. The number of sulfonamides is 1. The van der Waals surface area contributed by atoms with Crippen LogP contribution in [0.2, 0.25) is 0 Å². The van der Waals surface area contributed by atoms with E-state index in [-0.39, 0.29) is 12.5 Å². The molecule has 1 saturated heterocycles. The maximum absolute atomic E-state index is 12.8. The fourth-order valence-electron chi connectivity index (χ4n) is 4.19. The van der Waals surface area contributed by atoms with E-state index in [1.807, 2.05) is 12.1 Å². The summed E-state index contributed by atoms with van der Waals surface area (Å²) in [6, 6.07) is 7.44. The van der Waals surface area contributed by atoms with Gasteiger partial charge >= 0.3 is 0 Å². The van der Waals surface area contributed by atoms with Gasteiger partial charge in [-0.3, -0.25) is 0 Å². The average Bonchev–Trinajstić information content (AvgIpc) is 2.75. The Morgan fingerprint density at radius 2 is 1.52 bits per heavy atom. The molecule has 4 nitrogen and oxygen atoms in total. The molecule has 1 unspecified atom stereocenters. The first-order chi connectivity index (χ1) is 14.1. The maximum atomic E-state index is 12.8. The third kappa shape index (κ3) is 8.39. The molecule has 0 bridgehead atoms. The maximum Gasteiger partial charge on any atom is 0.243 e. The van der Waals surface area contributed by atoms with Gasteiger partial charge in [0.1, 0.15) is 0 Å². The molecule has 1 aromatic rings. The Hall–Kier alpha value is -0.910. The lowest BCUT2D eigenvalue weighted by molar-refractivity contribution is 0.165. The molecule has 0 radical (unpaired) electrons. The zero-order valence-corrected chi connectivity index (χ0v) is 19.1. The lowest BCUT2D eigenvalue weighted by Crippen LogP contribution is -2.40. The highest BCUT2D eigenvalue weighted by atomic mass is 32.2. The van der Waals surface area contributed by atoms with E-state index >= 15 is 0 Å². The van der Waals surface area contributed by atoms with Crippen LogP contribution in [0, 0.1) is 5.92 Å². The molecule has 0 spiro atoms. The van der Waals surface area contributed by atoms with Crippen molar-refractivity contribution in [2.45, 2.75) is 95.3 Å². The zero-order valence-electron chi connectivity index (χ0n) is 18.3. The molecule has 166 valence electrons. The van der Waals surface area contributed by atoms with Crippen LogP contribution < -0.4 is 0 Å². The van der Waals surface area contributed by atoms with Crippen molar-refractivity contribution in [1.29, 1.82) is 0 Å². The molecule has 1 atom stereocenters. The summed E-state index contributed by atoms with van der Waals surface area (Å²) in [5.41, 5.74) is 1.22. The minimum absolute atomic E-state index is 0.0593. The average molecular weight is 424 g/mol. The molecule has 1 N–H and O–H groups in total. The third-order valence-electron chi connectivity index (χ3n) is 6.12. The first-order valence-corrected chi connectivity index (χ1v) is 13.2. The van der Waals surface area contributed by atoms with Crippen molar-refractivity contribution in [1.82, 2.24) is 4.31 Å². The Morgan fingerprint density at radius 1 is 0.931 bits per heavy atom. The molecule has 1 aliphatic rings. The number of hydrogen-bond donors (Lipinski definition) is 1. The fraction of sp³-hybridized carbons (Fsp3) is 0.750. The lowest BCUT2D eigenvalue weighted by Gasteiger charge is -2.30. The highest BCUT2D eigenvalue weighted by Crippen LogP contribution is 2.24. The van der Waals surface area contributed by atoms with E-state index in [1.165, 1.54) is 74.1 Å². The topological polar surface area (TPSA) is 57.6 Å². The number of nitrogens with zero attached hydrogens (tertiary/aromatic N) is 1. The van der Waals surface area contributed by atoms with Gasteiger partial charge in [0.2, 0.25) is 10.0 Å². The minimum Gasteiger partial charge on any atom is -0.396 e. The summed E-state index contributed by atoms with van der Waals surface area (Å²) in [6.45, 7) is 3.30. The summed E-state index contributed by atoms with van der Waals surface area (Å²) in [4.78, 5) is 0.378. The van der Waals surface area contributed by atoms with Crippen LogP contribution in [0.3, 0.4) is 0 Å². The van der Waals surface area contributed by atoms with Gasteiger partial charge in [-0.2, -0.15) is 4.31 Å². The van der Waals surface area contributed by atoms with Crippen LogP contribution in [0.1, 0.15) is 89.5 Å². The second-order valence-corrected chi connectivity index (χ2v) is 10.6. The number of benzene rings is 1. The second kappa shape index (κ2) is 13.4. The molecule has 0 amide bonds. The van der Waals surface area contributed by atoms with Gasteiger partial charge in [0, 0.05) is 19.7 Å². The van der Waals surface area contributed by atoms with Gasteiger partial charge in [0.15, 0.2) is 0 Å². The predicted octanol–water partition coefficient (Wildman–Crippen LogP) is 5.54. The Morgan fingerprint density at radius 3 is 2.10 bits per heavy atom. The predicted molar refractivity (Wildman–Crippen MR) is 121 cm³/mol. The Balaban J connectivity index is 1.68. The highest BCUT2D eigenvalue weighted by molar-refractivity contribution is 7.89. The van der Waals surface area contributed by atoms with Crippen LogP contribution in [0.25, 0.3) is 0 Å². The zero-order chi connectivity index (χ0) is 21.0. The van der Waals surface area contributed by atoms with Gasteiger partial charge in [-0.25, -0.2) is 8.42 Å². The molecule has 0 saturated carbocycles. The van der Waals surface area contributed by atoms with E-state index in [0.29, 0.717) is 18.0 Å². The minimum atomic E-state index is -3.44. The van der Waals surface area contributed by atoms with Crippen LogP contribution >= 0.6 is 0 Å². The molecule has 29 heavy (non-hydrogen) atoms. The normalized spacial score (nSPS) is 18.2. The Kier molecular flexibility index (Phi) is 11.3. The second-order valence-electron chi connectivity index (χ2n) is 8.63.